The summed E-state index contributed by atoms with van der Waals surface area (Å²) in [4.78, 5) is 11.2. The maximum atomic E-state index is 11.2. The Labute approximate surface area is 108 Å². The monoisotopic (exact) mass is 248 g/mol. The molecule has 0 spiro atoms. The molecular weight excluding hydrogens is 228 g/mol. The van der Waals surface area contributed by atoms with Crippen LogP contribution in [0.1, 0.15) is 24.9 Å². The zero-order valence-electron chi connectivity index (χ0n) is 10.9. The lowest BCUT2D eigenvalue weighted by Crippen LogP contribution is -2.35. The van der Waals surface area contributed by atoms with Crippen LogP contribution in [0.15, 0.2) is 24.3 Å². The summed E-state index contributed by atoms with van der Waals surface area (Å²) in [5, 5.41) is 6.08. The van der Waals surface area contributed by atoms with Gasteiger partial charge in [-0.15, -0.1) is 0 Å². The Balaban J connectivity index is 2.01. The summed E-state index contributed by atoms with van der Waals surface area (Å²) in [6, 6.07) is 8.35. The third-order valence-corrected chi connectivity index (χ3v) is 3.32. The second-order valence-corrected chi connectivity index (χ2v) is 4.68. The average Bonchev–Trinajstić information content (AvgIpc) is 2.41. The minimum Gasteiger partial charge on any atom is -0.493 e. The molecule has 4 heteroatoms. The molecule has 1 aliphatic rings. The summed E-state index contributed by atoms with van der Waals surface area (Å²) in [5.41, 5.74) is 1.19. The highest BCUT2D eigenvalue weighted by Crippen LogP contribution is 2.34. The highest BCUT2D eigenvalue weighted by Gasteiger charge is 2.26. The predicted molar refractivity (Wildman–Crippen MR) is 70.5 cm³/mol. The van der Waals surface area contributed by atoms with Crippen molar-refractivity contribution >= 4 is 5.91 Å². The summed E-state index contributed by atoms with van der Waals surface area (Å²) in [6.45, 7) is 3.56. The molecule has 1 aromatic rings. The van der Waals surface area contributed by atoms with Gasteiger partial charge in [0.05, 0.1) is 6.61 Å². The van der Waals surface area contributed by atoms with E-state index in [1.165, 1.54) is 5.56 Å². The van der Waals surface area contributed by atoms with Gasteiger partial charge in [-0.05, 0) is 6.07 Å². The number of hydrogen-bond acceptors (Lipinski definition) is 3. The molecule has 0 radical (unpaired) electrons. The number of ether oxygens (including phenoxy) is 1. The number of para-hydroxylation sites is 1. The molecule has 0 fully saturated rings. The zero-order valence-corrected chi connectivity index (χ0v) is 10.9. The van der Waals surface area contributed by atoms with E-state index in [4.69, 9.17) is 4.74 Å². The maximum absolute atomic E-state index is 11.2. The molecule has 2 N–H and O–H groups in total. The molecular formula is C14H20N2O2. The Morgan fingerprint density at radius 3 is 3.00 bits per heavy atom. The van der Waals surface area contributed by atoms with Crippen molar-refractivity contribution in [1.82, 2.24) is 10.6 Å². The van der Waals surface area contributed by atoms with E-state index in [-0.39, 0.29) is 11.9 Å². The summed E-state index contributed by atoms with van der Waals surface area (Å²) < 4.78 is 5.70. The molecule has 2 unspecified atom stereocenters. The van der Waals surface area contributed by atoms with Crippen LogP contribution in [0.5, 0.6) is 5.75 Å². The van der Waals surface area contributed by atoms with E-state index < -0.39 is 0 Å². The lowest BCUT2D eigenvalue weighted by Gasteiger charge is -2.32. The smallest absolute Gasteiger partial charge is 0.221 e. The van der Waals surface area contributed by atoms with Crippen molar-refractivity contribution in [2.24, 2.45) is 5.92 Å². The van der Waals surface area contributed by atoms with Crippen molar-refractivity contribution in [3.8, 4) is 5.75 Å². The van der Waals surface area contributed by atoms with E-state index in [2.05, 4.69) is 23.6 Å². The maximum Gasteiger partial charge on any atom is 0.221 e. The number of amides is 1. The van der Waals surface area contributed by atoms with Crippen LogP contribution in [0.4, 0.5) is 0 Å². The van der Waals surface area contributed by atoms with Crippen molar-refractivity contribution in [2.75, 3.05) is 20.2 Å². The first kappa shape index (κ1) is 12.9. The first-order valence-electron chi connectivity index (χ1n) is 6.38. The normalized spacial score (nSPS) is 21.9. The van der Waals surface area contributed by atoms with Gasteiger partial charge in [-0.25, -0.2) is 0 Å². The minimum atomic E-state index is 0.0653. The summed E-state index contributed by atoms with van der Waals surface area (Å²) in [7, 11) is 1.66. The van der Waals surface area contributed by atoms with Crippen molar-refractivity contribution in [2.45, 2.75) is 19.4 Å². The fourth-order valence-corrected chi connectivity index (χ4v) is 2.27. The summed E-state index contributed by atoms with van der Waals surface area (Å²) in [5.74, 6) is 1.42. The molecule has 0 saturated heterocycles. The molecule has 0 saturated carbocycles. The minimum absolute atomic E-state index is 0.0653. The van der Waals surface area contributed by atoms with Crippen LogP contribution in [-0.2, 0) is 4.79 Å². The van der Waals surface area contributed by atoms with Gasteiger partial charge < -0.3 is 15.4 Å². The topological polar surface area (TPSA) is 50.4 Å². The van der Waals surface area contributed by atoms with Crippen LogP contribution in [-0.4, -0.2) is 26.1 Å². The molecule has 2 rings (SSSR count). The number of carbonyl (C=O) groups is 1. The number of carbonyl (C=O) groups excluding carboxylic acids is 1. The molecule has 0 aromatic heterocycles. The van der Waals surface area contributed by atoms with Crippen LogP contribution in [0.2, 0.25) is 0 Å². The molecule has 4 nitrogen and oxygen atoms in total. The molecule has 2 atom stereocenters. The largest absolute Gasteiger partial charge is 0.493 e. The van der Waals surface area contributed by atoms with E-state index in [0.717, 1.165) is 5.75 Å². The van der Waals surface area contributed by atoms with Crippen molar-refractivity contribution in [3.05, 3.63) is 29.8 Å². The quantitative estimate of drug-likeness (QED) is 0.848. The van der Waals surface area contributed by atoms with Crippen LogP contribution in [0, 0.1) is 5.92 Å². The Morgan fingerprint density at radius 1 is 1.44 bits per heavy atom. The van der Waals surface area contributed by atoms with E-state index in [0.29, 0.717) is 25.5 Å². The second-order valence-electron chi connectivity index (χ2n) is 4.68. The van der Waals surface area contributed by atoms with Gasteiger partial charge in [-0.3, -0.25) is 4.79 Å². The van der Waals surface area contributed by atoms with Gasteiger partial charge in [0, 0.05) is 37.5 Å². The molecule has 1 aromatic carbocycles. The Hall–Kier alpha value is -1.55. The third-order valence-electron chi connectivity index (χ3n) is 3.32. The van der Waals surface area contributed by atoms with Gasteiger partial charge in [0.1, 0.15) is 5.75 Å². The highest BCUT2D eigenvalue weighted by atomic mass is 16.5. The van der Waals surface area contributed by atoms with Crippen molar-refractivity contribution < 1.29 is 9.53 Å². The molecule has 98 valence electrons. The molecule has 18 heavy (non-hydrogen) atoms. The first-order valence-corrected chi connectivity index (χ1v) is 6.38. The van der Waals surface area contributed by atoms with Crippen LogP contribution >= 0.6 is 0 Å². The molecule has 1 heterocycles. The molecule has 0 bridgehead atoms. The van der Waals surface area contributed by atoms with E-state index in [1.807, 2.05) is 18.2 Å². The number of rotatable bonds is 4. The Morgan fingerprint density at radius 2 is 2.22 bits per heavy atom. The number of hydrogen-bond donors (Lipinski definition) is 2. The van der Waals surface area contributed by atoms with Gasteiger partial charge in [0.15, 0.2) is 0 Å². The van der Waals surface area contributed by atoms with Crippen molar-refractivity contribution in [3.63, 3.8) is 0 Å². The number of fused-ring (bicyclic) bond motifs is 1. The van der Waals surface area contributed by atoms with Gasteiger partial charge in [-0.2, -0.15) is 0 Å². The van der Waals surface area contributed by atoms with E-state index >= 15 is 0 Å². The van der Waals surface area contributed by atoms with Crippen LogP contribution in [0.25, 0.3) is 0 Å². The lowest BCUT2D eigenvalue weighted by molar-refractivity contribution is -0.120. The lowest BCUT2D eigenvalue weighted by atomic mass is 9.92. The average molecular weight is 248 g/mol. The number of benzene rings is 1. The van der Waals surface area contributed by atoms with E-state index in [1.54, 1.807) is 7.05 Å². The van der Waals surface area contributed by atoms with Gasteiger partial charge >= 0.3 is 0 Å². The molecule has 1 aliphatic heterocycles. The van der Waals surface area contributed by atoms with E-state index in [9.17, 15) is 4.79 Å². The standard InChI is InChI=1S/C14H20N2O2/c1-10-9-18-12-6-4-3-5-11(12)14(10)16-8-7-13(17)15-2/h3-6,10,14,16H,7-9H2,1-2H3,(H,15,17). The molecule has 0 aliphatic carbocycles. The first-order chi connectivity index (χ1) is 8.72. The fraction of sp³-hybridized carbons (Fsp3) is 0.500. The summed E-state index contributed by atoms with van der Waals surface area (Å²) in [6.07, 6.45) is 0.503. The van der Waals surface area contributed by atoms with Gasteiger partial charge in [0.25, 0.3) is 0 Å². The third kappa shape index (κ3) is 2.82. The second kappa shape index (κ2) is 5.87. The summed E-state index contributed by atoms with van der Waals surface area (Å²) >= 11 is 0. The van der Waals surface area contributed by atoms with Gasteiger partial charge in [-0.1, -0.05) is 25.1 Å². The Kier molecular flexibility index (Phi) is 4.20. The van der Waals surface area contributed by atoms with Gasteiger partial charge in [0.2, 0.25) is 5.91 Å². The predicted octanol–water partition coefficient (Wildman–Crippen LogP) is 1.48. The Bertz CT molecular complexity index is 420. The van der Waals surface area contributed by atoms with Crippen LogP contribution < -0.4 is 15.4 Å². The molecule has 1 amide bonds. The number of nitrogens with one attached hydrogen (secondary N) is 2. The SMILES string of the molecule is CNC(=O)CCNC1c2ccccc2OCC1C. The van der Waals surface area contributed by atoms with Crippen LogP contribution in [0.3, 0.4) is 0 Å². The highest BCUT2D eigenvalue weighted by molar-refractivity contribution is 5.75. The zero-order chi connectivity index (χ0) is 13.0. The fourth-order valence-electron chi connectivity index (χ4n) is 2.27. The van der Waals surface area contributed by atoms with Crippen molar-refractivity contribution in [1.29, 1.82) is 0 Å².